The number of hydrogen-bond acceptors (Lipinski definition) is 5. The topological polar surface area (TPSA) is 48.4 Å². The molecular formula is C28H30N4O2. The molecule has 0 aliphatic carbocycles. The van der Waals surface area contributed by atoms with Gasteiger partial charge < -0.3 is 14.5 Å². The van der Waals surface area contributed by atoms with Crippen LogP contribution in [0.15, 0.2) is 59.1 Å². The average Bonchev–Trinajstić information content (AvgIpc) is 3.34. The maximum Gasteiger partial charge on any atom is 0.415 e. The van der Waals surface area contributed by atoms with Gasteiger partial charge in [0.15, 0.2) is 0 Å². The highest BCUT2D eigenvalue weighted by Gasteiger charge is 2.75. The van der Waals surface area contributed by atoms with E-state index in [0.29, 0.717) is 0 Å². The van der Waals surface area contributed by atoms with Crippen molar-refractivity contribution >= 4 is 23.3 Å². The van der Waals surface area contributed by atoms with Crippen LogP contribution in [0.3, 0.4) is 0 Å². The Morgan fingerprint density at radius 2 is 1.91 bits per heavy atom. The molecule has 6 nitrogen and oxygen atoms in total. The summed E-state index contributed by atoms with van der Waals surface area (Å²) in [6.07, 6.45) is 3.87. The van der Waals surface area contributed by atoms with Crippen LogP contribution in [0.5, 0.6) is 0 Å². The molecule has 8 rings (SSSR count). The van der Waals surface area contributed by atoms with Crippen molar-refractivity contribution in [2.75, 3.05) is 37.0 Å². The van der Waals surface area contributed by atoms with Crippen LogP contribution in [0.4, 0.5) is 16.2 Å². The van der Waals surface area contributed by atoms with Gasteiger partial charge in [0.2, 0.25) is 0 Å². The molecule has 0 aromatic heterocycles. The minimum Gasteiger partial charge on any atom is -0.452 e. The number of piperidine rings is 1. The lowest BCUT2D eigenvalue weighted by Gasteiger charge is -2.61. The highest BCUT2D eigenvalue weighted by molar-refractivity contribution is 6.06. The number of benzene rings is 2. The molecule has 0 radical (unpaired) electrons. The molecule has 0 unspecified atom stereocenters. The van der Waals surface area contributed by atoms with Crippen LogP contribution < -0.4 is 9.80 Å². The van der Waals surface area contributed by atoms with E-state index >= 15 is 0 Å². The molecule has 34 heavy (non-hydrogen) atoms. The number of amides is 1. The second-order valence-electron chi connectivity index (χ2n) is 10.5. The molecule has 0 saturated carbocycles. The fourth-order valence-electron chi connectivity index (χ4n) is 8.11. The van der Waals surface area contributed by atoms with Crippen molar-refractivity contribution in [2.24, 2.45) is 4.99 Å². The number of likely N-dealkylation sites (N-methyl/N-ethyl adjacent to an activating group) is 1. The second-order valence-corrected chi connectivity index (χ2v) is 10.5. The molecule has 1 amide bonds. The molecule has 2 aromatic rings. The van der Waals surface area contributed by atoms with Gasteiger partial charge in [0.25, 0.3) is 0 Å². The smallest absolute Gasteiger partial charge is 0.415 e. The van der Waals surface area contributed by atoms with E-state index in [2.05, 4.69) is 73.2 Å². The maximum absolute atomic E-state index is 13.5. The third kappa shape index (κ3) is 1.97. The lowest BCUT2D eigenvalue weighted by Crippen LogP contribution is -2.73. The number of carbonyl (C=O) groups is 1. The average molecular weight is 455 g/mol. The van der Waals surface area contributed by atoms with Gasteiger partial charge >= 0.3 is 6.09 Å². The van der Waals surface area contributed by atoms with Crippen LogP contribution >= 0.6 is 0 Å². The van der Waals surface area contributed by atoms with E-state index in [9.17, 15) is 4.79 Å². The minimum atomic E-state index is -0.299. The number of carbonyl (C=O) groups excluding carboxylic acids is 1. The minimum absolute atomic E-state index is 0.143. The van der Waals surface area contributed by atoms with Gasteiger partial charge in [0.05, 0.1) is 29.7 Å². The van der Waals surface area contributed by atoms with Crippen LogP contribution in [0.1, 0.15) is 49.4 Å². The lowest BCUT2D eigenvalue weighted by molar-refractivity contribution is 0.134. The van der Waals surface area contributed by atoms with Crippen molar-refractivity contribution in [2.45, 2.75) is 49.7 Å². The zero-order valence-electron chi connectivity index (χ0n) is 20.2. The molecule has 174 valence electrons. The summed E-state index contributed by atoms with van der Waals surface area (Å²) in [5.41, 5.74) is 6.91. The summed E-state index contributed by atoms with van der Waals surface area (Å²) >= 11 is 0. The summed E-state index contributed by atoms with van der Waals surface area (Å²) in [6.45, 7) is 6.10. The van der Waals surface area contributed by atoms with Gasteiger partial charge in [0.1, 0.15) is 12.0 Å². The van der Waals surface area contributed by atoms with Gasteiger partial charge in [-0.05, 0) is 55.5 Å². The SMILES string of the molecule is COC(=O)N1c2ccccc2[C@@]23CCN=C2N2CC[C@@]34c3c(cccc3N(C)[C@@H]14)[C@H]2C=C(C)C. The molecule has 0 N–H and O–H groups in total. The Bertz CT molecular complexity index is 1310. The predicted octanol–water partition coefficient (Wildman–Crippen LogP) is 4.75. The van der Waals surface area contributed by atoms with Gasteiger partial charge in [-0.1, -0.05) is 42.0 Å². The number of nitrogens with zero attached hydrogens (tertiary/aromatic N) is 4. The van der Waals surface area contributed by atoms with Gasteiger partial charge in [-0.2, -0.15) is 0 Å². The van der Waals surface area contributed by atoms with E-state index in [0.717, 1.165) is 31.6 Å². The van der Waals surface area contributed by atoms with E-state index < -0.39 is 0 Å². The largest absolute Gasteiger partial charge is 0.452 e. The summed E-state index contributed by atoms with van der Waals surface area (Å²) in [4.78, 5) is 25.5. The summed E-state index contributed by atoms with van der Waals surface area (Å²) in [7, 11) is 3.64. The number of fused-ring (bicyclic) bond motifs is 2. The molecule has 6 heteroatoms. The van der Waals surface area contributed by atoms with Crippen LogP contribution in [0.2, 0.25) is 0 Å². The molecule has 2 bridgehead atoms. The first-order valence-corrected chi connectivity index (χ1v) is 12.3. The van der Waals surface area contributed by atoms with Crippen molar-refractivity contribution in [1.82, 2.24) is 4.90 Å². The van der Waals surface area contributed by atoms with E-state index in [4.69, 9.17) is 9.73 Å². The van der Waals surface area contributed by atoms with E-state index in [1.165, 1.54) is 40.9 Å². The van der Waals surface area contributed by atoms with Crippen LogP contribution in [-0.4, -0.2) is 50.2 Å². The lowest BCUT2D eigenvalue weighted by atomic mass is 9.50. The zero-order chi connectivity index (χ0) is 23.4. The zero-order valence-corrected chi connectivity index (χ0v) is 20.2. The van der Waals surface area contributed by atoms with Gasteiger partial charge in [-0.3, -0.25) is 9.89 Å². The van der Waals surface area contributed by atoms with E-state index in [1.54, 1.807) is 0 Å². The first-order valence-electron chi connectivity index (χ1n) is 12.3. The molecule has 4 atom stereocenters. The molecule has 6 heterocycles. The fraction of sp³-hybridized carbons (Fsp3) is 0.429. The number of methoxy groups -OCH3 is 1. The standard InChI is InChI=1S/C28H30N4O2/c1-17(2)16-22-18-8-7-11-21-23(18)28-13-15-31(22)24-27(28,12-14-29-24)19-9-5-6-10-20(19)32(26(33)34-4)25(28)30(21)3/h5-11,16,22,25H,12-15H2,1-4H3/t22-,25+,27+,28+/m1/s1. The Kier molecular flexibility index (Phi) is 3.81. The van der Waals surface area contributed by atoms with Crippen molar-refractivity contribution < 1.29 is 9.53 Å². The third-order valence-corrected chi connectivity index (χ3v) is 9.00. The number of hydrogen-bond donors (Lipinski definition) is 0. The van der Waals surface area contributed by atoms with Crippen molar-refractivity contribution in [3.63, 3.8) is 0 Å². The van der Waals surface area contributed by atoms with Crippen molar-refractivity contribution in [3.05, 3.63) is 70.8 Å². The van der Waals surface area contributed by atoms with E-state index in [1.807, 2.05) is 11.0 Å². The number of aliphatic imine (C=N–C) groups is 1. The summed E-state index contributed by atoms with van der Waals surface area (Å²) < 4.78 is 5.41. The van der Waals surface area contributed by atoms with Gasteiger partial charge in [0, 0.05) is 25.8 Å². The Morgan fingerprint density at radius 1 is 1.12 bits per heavy atom. The highest BCUT2D eigenvalue weighted by Crippen LogP contribution is 2.70. The maximum atomic E-state index is 13.5. The third-order valence-electron chi connectivity index (χ3n) is 9.00. The van der Waals surface area contributed by atoms with Crippen molar-refractivity contribution in [1.29, 1.82) is 0 Å². The van der Waals surface area contributed by atoms with E-state index in [-0.39, 0.29) is 29.1 Å². The number of ether oxygens (including phenoxy) is 1. The number of allylic oxidation sites excluding steroid dienone is 1. The molecule has 2 aromatic carbocycles. The van der Waals surface area contributed by atoms with Crippen LogP contribution in [0, 0.1) is 0 Å². The number of amidine groups is 1. The normalized spacial score (nSPS) is 31.4. The van der Waals surface area contributed by atoms with Crippen molar-refractivity contribution in [3.8, 4) is 0 Å². The molecule has 6 aliphatic rings. The second kappa shape index (κ2) is 6.44. The summed E-state index contributed by atoms with van der Waals surface area (Å²) in [5, 5.41) is 0. The molecule has 6 aliphatic heterocycles. The van der Waals surface area contributed by atoms with Crippen LogP contribution in [-0.2, 0) is 15.6 Å². The highest BCUT2D eigenvalue weighted by atomic mass is 16.5. The quantitative estimate of drug-likeness (QED) is 0.584. The van der Waals surface area contributed by atoms with Crippen LogP contribution in [0.25, 0.3) is 0 Å². The Labute approximate surface area is 200 Å². The molecular weight excluding hydrogens is 424 g/mol. The summed E-state index contributed by atoms with van der Waals surface area (Å²) in [6, 6.07) is 15.3. The van der Waals surface area contributed by atoms with Gasteiger partial charge in [-0.15, -0.1) is 0 Å². The predicted molar refractivity (Wildman–Crippen MR) is 134 cm³/mol. The molecule has 1 fully saturated rings. The monoisotopic (exact) mass is 454 g/mol. The Morgan fingerprint density at radius 3 is 2.71 bits per heavy atom. The fourth-order valence-corrected chi connectivity index (χ4v) is 8.11. The number of anilines is 2. The molecule has 2 spiro atoms. The first-order chi connectivity index (χ1) is 16.5. The summed E-state index contributed by atoms with van der Waals surface area (Å²) in [5.74, 6) is 1.21. The number of rotatable bonds is 1. The first kappa shape index (κ1) is 20.1. The van der Waals surface area contributed by atoms with Gasteiger partial charge in [-0.25, -0.2) is 4.79 Å². The number of para-hydroxylation sites is 1. The Hall–Kier alpha value is -3.28. The Balaban J connectivity index is 1.67. The molecule has 1 saturated heterocycles.